The quantitative estimate of drug-likeness (QED) is 0.743. The topological polar surface area (TPSA) is 75.1 Å². The monoisotopic (exact) mass is 243 g/mol. The Bertz CT molecular complexity index is 299. The number of nitrogens with zero attached hydrogens (tertiary/aromatic N) is 2. The maximum atomic E-state index is 10.2. The molecular formula is C7H10AsN3O2. The Morgan fingerprint density at radius 3 is 2.38 bits per heavy atom. The van der Waals surface area contributed by atoms with Gasteiger partial charge in [-0.15, -0.1) is 0 Å². The summed E-state index contributed by atoms with van der Waals surface area (Å²) in [6.45, 7) is 0. The van der Waals surface area contributed by atoms with E-state index in [9.17, 15) is 4.79 Å². The summed E-state index contributed by atoms with van der Waals surface area (Å²) < 4.78 is 0.850. The van der Waals surface area contributed by atoms with Crippen molar-refractivity contribution in [2.45, 2.75) is 11.4 Å². The van der Waals surface area contributed by atoms with Gasteiger partial charge in [-0.25, -0.2) is 0 Å². The number of carbonyl (C=O) groups is 1. The standard InChI is InChI=1S/C7H10AsN3O2/c1-8(2)6-9-3-5(4-10-6)11-7(12)13/h3-4,11H,1-2H3,(H,12,13). The molecule has 0 atom stereocenters. The van der Waals surface area contributed by atoms with E-state index in [-0.39, 0.29) is 0 Å². The van der Waals surface area contributed by atoms with Gasteiger partial charge in [0.1, 0.15) is 0 Å². The van der Waals surface area contributed by atoms with Crippen molar-refractivity contribution >= 4 is 31.0 Å². The number of nitrogens with one attached hydrogen (secondary N) is 1. The van der Waals surface area contributed by atoms with Gasteiger partial charge in [-0.2, -0.15) is 0 Å². The fourth-order valence-corrected chi connectivity index (χ4v) is 1.95. The summed E-state index contributed by atoms with van der Waals surface area (Å²) in [7, 11) is 0. The first-order valence-electron chi connectivity index (χ1n) is 3.59. The van der Waals surface area contributed by atoms with Gasteiger partial charge in [0.15, 0.2) is 0 Å². The molecule has 1 aromatic heterocycles. The van der Waals surface area contributed by atoms with Crippen LogP contribution in [0, 0.1) is 0 Å². The van der Waals surface area contributed by atoms with Crippen molar-refractivity contribution in [1.82, 2.24) is 9.97 Å². The molecule has 1 heterocycles. The van der Waals surface area contributed by atoms with Crippen LogP contribution in [0.4, 0.5) is 10.5 Å². The number of aromatic nitrogens is 2. The molecule has 0 saturated heterocycles. The van der Waals surface area contributed by atoms with Crippen molar-refractivity contribution < 1.29 is 9.90 Å². The van der Waals surface area contributed by atoms with E-state index >= 15 is 0 Å². The van der Waals surface area contributed by atoms with Gasteiger partial charge in [0.2, 0.25) is 0 Å². The van der Waals surface area contributed by atoms with E-state index in [1.807, 2.05) is 0 Å². The van der Waals surface area contributed by atoms with Crippen LogP contribution >= 0.6 is 0 Å². The molecule has 1 amide bonds. The van der Waals surface area contributed by atoms with Gasteiger partial charge in [-0.05, 0) is 0 Å². The fraction of sp³-hybridized carbons (Fsp3) is 0.286. The first-order chi connectivity index (χ1) is 6.09. The van der Waals surface area contributed by atoms with E-state index in [2.05, 4.69) is 26.7 Å². The van der Waals surface area contributed by atoms with Gasteiger partial charge in [0, 0.05) is 0 Å². The number of anilines is 1. The van der Waals surface area contributed by atoms with Crippen LogP contribution in [0.5, 0.6) is 0 Å². The second kappa shape index (κ2) is 4.23. The first kappa shape index (κ1) is 9.99. The van der Waals surface area contributed by atoms with Gasteiger partial charge in [0.05, 0.1) is 0 Å². The van der Waals surface area contributed by atoms with Crippen LogP contribution in [0.25, 0.3) is 0 Å². The second-order valence-electron chi connectivity index (χ2n) is 2.60. The van der Waals surface area contributed by atoms with E-state index in [4.69, 9.17) is 5.11 Å². The van der Waals surface area contributed by atoms with Crippen molar-refractivity contribution in [2.75, 3.05) is 5.32 Å². The molecular weight excluding hydrogens is 233 g/mol. The van der Waals surface area contributed by atoms with Crippen molar-refractivity contribution in [1.29, 1.82) is 0 Å². The summed E-state index contributed by atoms with van der Waals surface area (Å²) in [5.74, 6) is 0. The molecule has 0 aromatic carbocycles. The third kappa shape index (κ3) is 3.03. The molecule has 0 unspecified atom stereocenters. The summed E-state index contributed by atoms with van der Waals surface area (Å²) >= 11 is -1.04. The van der Waals surface area contributed by atoms with Crippen LogP contribution in [0.15, 0.2) is 12.4 Å². The first-order valence-corrected chi connectivity index (χ1v) is 8.28. The molecule has 0 spiro atoms. The summed E-state index contributed by atoms with van der Waals surface area (Å²) in [5.41, 5.74) is 4.64. The van der Waals surface area contributed by atoms with E-state index in [1.54, 1.807) is 0 Å². The average molecular weight is 243 g/mol. The van der Waals surface area contributed by atoms with Crippen molar-refractivity contribution in [3.8, 4) is 0 Å². The molecule has 0 radical (unpaired) electrons. The molecule has 70 valence electrons. The van der Waals surface area contributed by atoms with E-state index in [0.717, 1.165) is 4.61 Å². The molecule has 0 aliphatic heterocycles. The summed E-state index contributed by atoms with van der Waals surface area (Å²) in [5, 5.41) is 10.6. The Morgan fingerprint density at radius 1 is 1.46 bits per heavy atom. The Labute approximate surface area is 80.5 Å². The number of amides is 1. The molecule has 5 nitrogen and oxygen atoms in total. The number of carboxylic acid groups (broad SMARTS) is 1. The van der Waals surface area contributed by atoms with E-state index in [0.29, 0.717) is 5.69 Å². The van der Waals surface area contributed by atoms with Gasteiger partial charge in [-0.3, -0.25) is 0 Å². The molecule has 0 saturated carbocycles. The molecule has 0 aliphatic rings. The van der Waals surface area contributed by atoms with Crippen LogP contribution in [0.2, 0.25) is 11.4 Å². The summed E-state index contributed by atoms with van der Waals surface area (Å²) in [6.07, 6.45) is 1.88. The Hall–Kier alpha value is -1.09. The Kier molecular flexibility index (Phi) is 3.25. The average Bonchev–Trinajstić information content (AvgIpc) is 2.04. The summed E-state index contributed by atoms with van der Waals surface area (Å²) in [6, 6.07) is 0. The zero-order valence-electron chi connectivity index (χ0n) is 7.35. The number of hydrogen-bond donors (Lipinski definition) is 2. The molecule has 0 aliphatic carbocycles. The van der Waals surface area contributed by atoms with E-state index in [1.165, 1.54) is 12.4 Å². The van der Waals surface area contributed by atoms with Crippen LogP contribution in [0.1, 0.15) is 0 Å². The van der Waals surface area contributed by atoms with Gasteiger partial charge >= 0.3 is 80.0 Å². The normalized spacial score (nSPS) is 10.1. The predicted molar refractivity (Wildman–Crippen MR) is 50.8 cm³/mol. The van der Waals surface area contributed by atoms with Gasteiger partial charge in [0.25, 0.3) is 0 Å². The molecule has 1 aromatic rings. The second-order valence-corrected chi connectivity index (χ2v) is 7.19. The molecule has 13 heavy (non-hydrogen) atoms. The van der Waals surface area contributed by atoms with Crippen LogP contribution < -0.4 is 9.93 Å². The molecule has 0 bridgehead atoms. The Balaban J connectivity index is 2.75. The maximum absolute atomic E-state index is 10.2. The van der Waals surface area contributed by atoms with Crippen LogP contribution in [-0.2, 0) is 0 Å². The third-order valence-corrected chi connectivity index (χ3v) is 3.45. The third-order valence-electron chi connectivity index (χ3n) is 1.29. The van der Waals surface area contributed by atoms with Crippen molar-refractivity contribution in [3.05, 3.63) is 12.4 Å². The van der Waals surface area contributed by atoms with E-state index < -0.39 is 20.7 Å². The number of hydrogen-bond acceptors (Lipinski definition) is 3. The number of rotatable bonds is 2. The molecule has 1 rings (SSSR count). The predicted octanol–water partition coefficient (Wildman–Crippen LogP) is 0.528. The minimum atomic E-state index is -1.10. The van der Waals surface area contributed by atoms with Gasteiger partial charge < -0.3 is 0 Å². The zero-order valence-corrected chi connectivity index (χ0v) is 9.23. The molecule has 2 N–H and O–H groups in total. The SMILES string of the molecule is C[As](C)c1ncc(NC(=O)O)cn1. The molecule has 0 fully saturated rings. The van der Waals surface area contributed by atoms with Crippen molar-refractivity contribution in [2.24, 2.45) is 0 Å². The Morgan fingerprint density at radius 2 is 2.00 bits per heavy atom. The van der Waals surface area contributed by atoms with Crippen LogP contribution in [0.3, 0.4) is 0 Å². The summed E-state index contributed by atoms with van der Waals surface area (Å²) in [4.78, 5) is 18.3. The fourth-order valence-electron chi connectivity index (χ4n) is 0.740. The van der Waals surface area contributed by atoms with Crippen LogP contribution in [-0.4, -0.2) is 35.8 Å². The zero-order chi connectivity index (χ0) is 9.84. The van der Waals surface area contributed by atoms with Crippen molar-refractivity contribution in [3.63, 3.8) is 0 Å². The minimum absolute atomic E-state index is 0.409. The van der Waals surface area contributed by atoms with Gasteiger partial charge in [-0.1, -0.05) is 0 Å². The molecule has 6 heteroatoms.